The van der Waals surface area contributed by atoms with Gasteiger partial charge in [0, 0.05) is 5.92 Å². The molecule has 100 valence electrons. The fourth-order valence-electron chi connectivity index (χ4n) is 3.70. The van der Waals surface area contributed by atoms with E-state index in [0.717, 1.165) is 6.42 Å². The van der Waals surface area contributed by atoms with Crippen molar-refractivity contribution in [3.63, 3.8) is 0 Å². The van der Waals surface area contributed by atoms with Gasteiger partial charge in [-0.25, -0.2) is 0 Å². The first-order valence-corrected chi connectivity index (χ1v) is 7.21. The second-order valence-corrected chi connectivity index (χ2v) is 6.43. The van der Waals surface area contributed by atoms with Crippen LogP contribution < -0.4 is 0 Å². The number of fused-ring (bicyclic) bond motifs is 2. The van der Waals surface area contributed by atoms with Gasteiger partial charge in [0.05, 0.1) is 5.60 Å². The molecule has 3 aromatic rings. The molecule has 1 heteroatoms. The van der Waals surface area contributed by atoms with E-state index in [2.05, 4.69) is 48.5 Å². The predicted molar refractivity (Wildman–Crippen MR) is 84.2 cm³/mol. The quantitative estimate of drug-likeness (QED) is 0.644. The van der Waals surface area contributed by atoms with Gasteiger partial charge < -0.3 is 5.11 Å². The molecular weight excluding hydrogens is 244 g/mol. The Labute approximate surface area is 118 Å². The summed E-state index contributed by atoms with van der Waals surface area (Å²) in [5.74, 6) is 0.187. The molecule has 0 saturated carbocycles. The summed E-state index contributed by atoms with van der Waals surface area (Å²) in [5, 5.41) is 15.8. The maximum atomic E-state index is 10.5. The zero-order valence-electron chi connectivity index (χ0n) is 11.9. The third kappa shape index (κ3) is 1.53. The van der Waals surface area contributed by atoms with Gasteiger partial charge in [0.25, 0.3) is 0 Å². The van der Waals surface area contributed by atoms with E-state index in [1.807, 2.05) is 13.8 Å². The summed E-state index contributed by atoms with van der Waals surface area (Å²) in [5.41, 5.74) is 2.02. The number of aliphatic hydroxyl groups is 1. The average molecular weight is 262 g/mol. The van der Waals surface area contributed by atoms with Crippen LogP contribution in [0.4, 0.5) is 0 Å². The van der Waals surface area contributed by atoms with Crippen molar-refractivity contribution in [1.29, 1.82) is 0 Å². The lowest BCUT2D eigenvalue weighted by molar-refractivity contribution is 0.0518. The van der Waals surface area contributed by atoms with Crippen LogP contribution in [0.25, 0.3) is 21.5 Å². The lowest BCUT2D eigenvalue weighted by atomic mass is 9.85. The summed E-state index contributed by atoms with van der Waals surface area (Å²) in [6.07, 6.45) is 0.931. The minimum Gasteiger partial charge on any atom is -0.390 e. The highest BCUT2D eigenvalue weighted by atomic mass is 16.3. The minimum atomic E-state index is -0.686. The van der Waals surface area contributed by atoms with Crippen LogP contribution in [-0.2, 0) is 6.42 Å². The van der Waals surface area contributed by atoms with Crippen LogP contribution in [0.15, 0.2) is 48.5 Å². The van der Waals surface area contributed by atoms with Crippen molar-refractivity contribution in [2.75, 3.05) is 0 Å². The highest BCUT2D eigenvalue weighted by Crippen LogP contribution is 2.46. The summed E-state index contributed by atoms with van der Waals surface area (Å²) in [7, 11) is 0. The summed E-state index contributed by atoms with van der Waals surface area (Å²) in [4.78, 5) is 0. The van der Waals surface area contributed by atoms with Crippen molar-refractivity contribution in [3.8, 4) is 0 Å². The first-order valence-electron chi connectivity index (χ1n) is 7.21. The summed E-state index contributed by atoms with van der Waals surface area (Å²) in [6, 6.07) is 17.3. The molecule has 0 fully saturated rings. The summed E-state index contributed by atoms with van der Waals surface area (Å²) >= 11 is 0. The molecule has 1 unspecified atom stereocenters. The number of hydrogen-bond acceptors (Lipinski definition) is 1. The van der Waals surface area contributed by atoms with Crippen LogP contribution in [0.2, 0.25) is 0 Å². The zero-order valence-corrected chi connectivity index (χ0v) is 11.9. The van der Waals surface area contributed by atoms with Crippen LogP contribution in [0.5, 0.6) is 0 Å². The summed E-state index contributed by atoms with van der Waals surface area (Å²) in [6.45, 7) is 3.84. The molecule has 1 atom stereocenters. The van der Waals surface area contributed by atoms with Crippen molar-refractivity contribution in [2.45, 2.75) is 31.8 Å². The highest BCUT2D eigenvalue weighted by molar-refractivity contribution is 6.05. The van der Waals surface area contributed by atoms with Crippen LogP contribution in [-0.4, -0.2) is 10.7 Å². The van der Waals surface area contributed by atoms with Crippen molar-refractivity contribution < 1.29 is 5.11 Å². The maximum absolute atomic E-state index is 10.5. The highest BCUT2D eigenvalue weighted by Gasteiger charge is 2.35. The Kier molecular flexibility index (Phi) is 2.28. The number of benzene rings is 3. The van der Waals surface area contributed by atoms with Crippen molar-refractivity contribution in [3.05, 3.63) is 59.7 Å². The van der Waals surface area contributed by atoms with Gasteiger partial charge in [-0.3, -0.25) is 0 Å². The van der Waals surface area contributed by atoms with E-state index < -0.39 is 5.60 Å². The fraction of sp³-hybridized carbons (Fsp3) is 0.263. The first-order chi connectivity index (χ1) is 9.55. The smallest absolute Gasteiger partial charge is 0.0663 e. The van der Waals surface area contributed by atoms with Crippen LogP contribution >= 0.6 is 0 Å². The van der Waals surface area contributed by atoms with E-state index in [0.29, 0.717) is 0 Å². The molecule has 1 aliphatic rings. The second kappa shape index (κ2) is 3.83. The largest absolute Gasteiger partial charge is 0.390 e. The Morgan fingerprint density at radius 1 is 1.00 bits per heavy atom. The van der Waals surface area contributed by atoms with Gasteiger partial charge in [-0.15, -0.1) is 0 Å². The van der Waals surface area contributed by atoms with Gasteiger partial charge in [0.1, 0.15) is 0 Å². The molecule has 0 amide bonds. The lowest BCUT2D eigenvalue weighted by Gasteiger charge is -2.26. The molecule has 1 aliphatic carbocycles. The Morgan fingerprint density at radius 3 is 2.55 bits per heavy atom. The molecule has 20 heavy (non-hydrogen) atoms. The molecule has 0 spiro atoms. The maximum Gasteiger partial charge on any atom is 0.0663 e. The van der Waals surface area contributed by atoms with E-state index in [9.17, 15) is 5.11 Å². The molecule has 0 aromatic heterocycles. The van der Waals surface area contributed by atoms with E-state index in [1.54, 1.807) is 0 Å². The zero-order chi connectivity index (χ0) is 13.9. The second-order valence-electron chi connectivity index (χ2n) is 6.43. The van der Waals surface area contributed by atoms with Gasteiger partial charge in [0.2, 0.25) is 0 Å². The Bertz CT molecular complexity index is 824. The van der Waals surface area contributed by atoms with Gasteiger partial charge in [0.15, 0.2) is 0 Å². The van der Waals surface area contributed by atoms with Crippen molar-refractivity contribution in [1.82, 2.24) is 0 Å². The molecule has 0 aliphatic heterocycles. The Balaban J connectivity index is 2.13. The van der Waals surface area contributed by atoms with Crippen LogP contribution in [0.3, 0.4) is 0 Å². The lowest BCUT2D eigenvalue weighted by Crippen LogP contribution is -2.28. The third-order valence-electron chi connectivity index (χ3n) is 4.66. The van der Waals surface area contributed by atoms with E-state index in [1.165, 1.54) is 32.7 Å². The van der Waals surface area contributed by atoms with Crippen molar-refractivity contribution >= 4 is 21.5 Å². The Hall–Kier alpha value is -1.86. The normalized spacial score (nSPS) is 18.1. The monoisotopic (exact) mass is 262 g/mol. The van der Waals surface area contributed by atoms with Gasteiger partial charge in [-0.05, 0) is 59.0 Å². The predicted octanol–water partition coefficient (Wildman–Crippen LogP) is 4.40. The van der Waals surface area contributed by atoms with E-state index >= 15 is 0 Å². The van der Waals surface area contributed by atoms with Gasteiger partial charge in [-0.1, -0.05) is 42.5 Å². The molecule has 0 radical (unpaired) electrons. The molecule has 0 heterocycles. The third-order valence-corrected chi connectivity index (χ3v) is 4.66. The molecule has 1 nitrogen and oxygen atoms in total. The topological polar surface area (TPSA) is 20.2 Å². The first kappa shape index (κ1) is 11.9. The molecule has 1 N–H and O–H groups in total. The number of rotatable bonds is 1. The SMILES string of the molecule is CC(C)(O)C1Cc2c3ccccc3cc3cccc1c23. The average Bonchev–Trinajstić information content (AvgIpc) is 2.81. The Morgan fingerprint density at radius 2 is 1.75 bits per heavy atom. The van der Waals surface area contributed by atoms with Gasteiger partial charge >= 0.3 is 0 Å². The van der Waals surface area contributed by atoms with E-state index in [4.69, 9.17) is 0 Å². The standard InChI is InChI=1S/C19H18O/c1-19(2,20)17-11-16-14-8-4-3-6-12(14)10-13-7-5-9-15(17)18(13)16/h3-10,17,20H,11H2,1-2H3. The van der Waals surface area contributed by atoms with E-state index in [-0.39, 0.29) is 5.92 Å². The van der Waals surface area contributed by atoms with Crippen LogP contribution in [0.1, 0.15) is 30.9 Å². The fourth-order valence-corrected chi connectivity index (χ4v) is 3.70. The van der Waals surface area contributed by atoms with Crippen LogP contribution in [0, 0.1) is 0 Å². The molecule has 4 rings (SSSR count). The summed E-state index contributed by atoms with van der Waals surface area (Å²) < 4.78 is 0. The molecule has 3 aromatic carbocycles. The number of hydrogen-bond donors (Lipinski definition) is 1. The molecule has 0 saturated heterocycles. The van der Waals surface area contributed by atoms with Crippen molar-refractivity contribution in [2.24, 2.45) is 0 Å². The minimum absolute atomic E-state index is 0.187. The molecule has 0 bridgehead atoms. The van der Waals surface area contributed by atoms with Gasteiger partial charge in [-0.2, -0.15) is 0 Å². The molecular formula is C19H18O.